The number of ether oxygens (including phenoxy) is 1. The molecule has 2 aromatic rings. The highest BCUT2D eigenvalue weighted by Gasteiger charge is 2.21. The van der Waals surface area contributed by atoms with Gasteiger partial charge in [-0.05, 0) is 24.6 Å². The monoisotopic (exact) mass is 266 g/mol. The van der Waals surface area contributed by atoms with Crippen molar-refractivity contribution in [1.82, 2.24) is 9.78 Å². The first-order chi connectivity index (χ1) is 8.67. The van der Waals surface area contributed by atoms with Crippen LogP contribution in [-0.4, -0.2) is 22.0 Å². The number of halogens is 1. The summed E-state index contributed by atoms with van der Waals surface area (Å²) in [6, 6.07) is 7.13. The van der Waals surface area contributed by atoms with Gasteiger partial charge in [-0.25, -0.2) is 0 Å². The first-order valence-corrected chi connectivity index (χ1v) is 6.08. The standard InChI is InChI=1S/C13H15ClN2O2/c1-3-16-12(11(18-2)8-15-16)13(17)9-5-4-6-10(14)7-9/h4-8,13,17H,3H2,1-2H3. The van der Waals surface area contributed by atoms with Crippen LogP contribution >= 0.6 is 11.6 Å². The van der Waals surface area contributed by atoms with Gasteiger partial charge in [-0.1, -0.05) is 23.7 Å². The summed E-state index contributed by atoms with van der Waals surface area (Å²) in [7, 11) is 1.56. The molecule has 0 saturated heterocycles. The van der Waals surface area contributed by atoms with Crippen LogP contribution in [0.1, 0.15) is 24.3 Å². The van der Waals surface area contributed by atoms with Crippen LogP contribution in [0.15, 0.2) is 30.5 Å². The van der Waals surface area contributed by atoms with Crippen molar-refractivity contribution < 1.29 is 9.84 Å². The van der Waals surface area contributed by atoms with E-state index in [1.54, 1.807) is 36.2 Å². The molecule has 5 heteroatoms. The van der Waals surface area contributed by atoms with Crippen LogP contribution in [0.4, 0.5) is 0 Å². The number of aliphatic hydroxyl groups excluding tert-OH is 1. The molecule has 0 spiro atoms. The molecule has 1 atom stereocenters. The predicted octanol–water partition coefficient (Wildman–Crippen LogP) is 2.65. The number of hydrogen-bond donors (Lipinski definition) is 1. The summed E-state index contributed by atoms with van der Waals surface area (Å²) < 4.78 is 6.94. The van der Waals surface area contributed by atoms with Gasteiger partial charge in [0.05, 0.1) is 13.3 Å². The Morgan fingerprint density at radius 2 is 2.28 bits per heavy atom. The molecular weight excluding hydrogens is 252 g/mol. The highest BCUT2D eigenvalue weighted by molar-refractivity contribution is 6.30. The Morgan fingerprint density at radius 3 is 2.89 bits per heavy atom. The molecule has 2 rings (SSSR count). The van der Waals surface area contributed by atoms with Crippen LogP contribution < -0.4 is 4.74 Å². The van der Waals surface area contributed by atoms with Crippen molar-refractivity contribution in [2.24, 2.45) is 0 Å². The average molecular weight is 267 g/mol. The molecule has 0 fully saturated rings. The van der Waals surface area contributed by atoms with Gasteiger partial charge in [-0.2, -0.15) is 5.10 Å². The van der Waals surface area contributed by atoms with Crippen LogP contribution in [-0.2, 0) is 6.54 Å². The van der Waals surface area contributed by atoms with E-state index < -0.39 is 6.10 Å². The Hall–Kier alpha value is -1.52. The van der Waals surface area contributed by atoms with E-state index in [0.717, 1.165) is 5.56 Å². The second-order valence-electron chi connectivity index (χ2n) is 3.87. The van der Waals surface area contributed by atoms with Crippen molar-refractivity contribution in [1.29, 1.82) is 0 Å². The average Bonchev–Trinajstić information content (AvgIpc) is 2.80. The highest BCUT2D eigenvalue weighted by atomic mass is 35.5. The van der Waals surface area contributed by atoms with Crippen LogP contribution in [0.3, 0.4) is 0 Å². The smallest absolute Gasteiger partial charge is 0.163 e. The summed E-state index contributed by atoms with van der Waals surface area (Å²) in [5, 5.41) is 15.2. The summed E-state index contributed by atoms with van der Waals surface area (Å²) in [5.41, 5.74) is 1.36. The topological polar surface area (TPSA) is 47.3 Å². The van der Waals surface area contributed by atoms with Crippen molar-refractivity contribution in [3.8, 4) is 5.75 Å². The van der Waals surface area contributed by atoms with Crippen LogP contribution in [0, 0.1) is 0 Å². The van der Waals surface area contributed by atoms with Gasteiger partial charge in [0.25, 0.3) is 0 Å². The maximum atomic E-state index is 10.4. The number of aliphatic hydroxyl groups is 1. The molecule has 0 aliphatic heterocycles. The summed E-state index contributed by atoms with van der Waals surface area (Å²) >= 11 is 5.93. The molecule has 1 aromatic carbocycles. The largest absolute Gasteiger partial charge is 0.493 e. The van der Waals surface area contributed by atoms with Crippen LogP contribution in [0.5, 0.6) is 5.75 Å². The number of aromatic nitrogens is 2. The Balaban J connectivity index is 2.44. The molecule has 96 valence electrons. The van der Waals surface area contributed by atoms with Crippen LogP contribution in [0.2, 0.25) is 5.02 Å². The summed E-state index contributed by atoms with van der Waals surface area (Å²) in [5.74, 6) is 0.573. The summed E-state index contributed by atoms with van der Waals surface area (Å²) in [6.45, 7) is 2.62. The SMILES string of the molecule is CCn1ncc(OC)c1C(O)c1cccc(Cl)c1. The first-order valence-electron chi connectivity index (χ1n) is 5.70. The lowest BCUT2D eigenvalue weighted by molar-refractivity contribution is 0.202. The van der Waals surface area contributed by atoms with Gasteiger partial charge in [-0.3, -0.25) is 4.68 Å². The molecule has 1 unspecified atom stereocenters. The molecule has 0 amide bonds. The van der Waals surface area contributed by atoms with Crippen molar-refractivity contribution in [2.75, 3.05) is 7.11 Å². The molecule has 1 N–H and O–H groups in total. The lowest BCUT2D eigenvalue weighted by Crippen LogP contribution is -2.10. The molecule has 1 aromatic heterocycles. The Labute approximate surface area is 111 Å². The lowest BCUT2D eigenvalue weighted by atomic mass is 10.1. The summed E-state index contributed by atoms with van der Waals surface area (Å²) in [6.07, 6.45) is 0.799. The van der Waals surface area contributed by atoms with E-state index in [1.807, 2.05) is 13.0 Å². The van der Waals surface area contributed by atoms with Gasteiger partial charge in [0.15, 0.2) is 5.75 Å². The molecule has 0 aliphatic rings. The van der Waals surface area contributed by atoms with Gasteiger partial charge in [0, 0.05) is 11.6 Å². The normalized spacial score (nSPS) is 12.4. The minimum atomic E-state index is -0.805. The van der Waals surface area contributed by atoms with Gasteiger partial charge >= 0.3 is 0 Å². The molecule has 0 radical (unpaired) electrons. The second kappa shape index (κ2) is 5.42. The van der Waals surface area contributed by atoms with Gasteiger partial charge < -0.3 is 9.84 Å². The Kier molecular flexibility index (Phi) is 3.89. The summed E-state index contributed by atoms with van der Waals surface area (Å²) in [4.78, 5) is 0. The molecule has 0 aliphatic carbocycles. The Morgan fingerprint density at radius 1 is 1.50 bits per heavy atom. The lowest BCUT2D eigenvalue weighted by Gasteiger charge is -2.14. The van der Waals surface area contributed by atoms with E-state index in [4.69, 9.17) is 16.3 Å². The minimum absolute atomic E-state index is 0.573. The number of nitrogens with zero attached hydrogens (tertiary/aromatic N) is 2. The molecule has 0 bridgehead atoms. The van der Waals surface area contributed by atoms with Crippen molar-refractivity contribution in [3.05, 3.63) is 46.7 Å². The number of hydrogen-bond acceptors (Lipinski definition) is 3. The molecular formula is C13H15ClN2O2. The second-order valence-corrected chi connectivity index (χ2v) is 4.31. The fourth-order valence-electron chi connectivity index (χ4n) is 1.90. The number of rotatable bonds is 4. The zero-order valence-corrected chi connectivity index (χ0v) is 11.1. The number of aryl methyl sites for hydroxylation is 1. The van der Waals surface area contributed by atoms with Gasteiger partial charge in [-0.15, -0.1) is 0 Å². The quantitative estimate of drug-likeness (QED) is 0.925. The van der Waals surface area contributed by atoms with Gasteiger partial charge in [0.1, 0.15) is 11.8 Å². The zero-order chi connectivity index (χ0) is 13.1. The van der Waals surface area contributed by atoms with Crippen LogP contribution in [0.25, 0.3) is 0 Å². The fraction of sp³-hybridized carbons (Fsp3) is 0.308. The molecule has 1 heterocycles. The molecule has 18 heavy (non-hydrogen) atoms. The van der Waals surface area contributed by atoms with E-state index in [0.29, 0.717) is 23.0 Å². The third kappa shape index (κ3) is 2.35. The van der Waals surface area contributed by atoms with Crippen molar-refractivity contribution in [3.63, 3.8) is 0 Å². The third-order valence-electron chi connectivity index (χ3n) is 2.79. The highest BCUT2D eigenvalue weighted by Crippen LogP contribution is 2.30. The predicted molar refractivity (Wildman–Crippen MR) is 70.0 cm³/mol. The van der Waals surface area contributed by atoms with Crippen molar-refractivity contribution >= 4 is 11.6 Å². The maximum Gasteiger partial charge on any atom is 0.163 e. The fourth-order valence-corrected chi connectivity index (χ4v) is 2.10. The van der Waals surface area contributed by atoms with E-state index in [2.05, 4.69) is 5.10 Å². The Bertz CT molecular complexity index is 518. The maximum absolute atomic E-state index is 10.4. The van der Waals surface area contributed by atoms with E-state index >= 15 is 0 Å². The van der Waals surface area contributed by atoms with Crippen molar-refractivity contribution in [2.45, 2.75) is 19.6 Å². The third-order valence-corrected chi connectivity index (χ3v) is 3.02. The van der Waals surface area contributed by atoms with E-state index in [9.17, 15) is 5.11 Å². The molecule has 4 nitrogen and oxygen atoms in total. The number of methoxy groups -OCH3 is 1. The zero-order valence-electron chi connectivity index (χ0n) is 10.3. The molecule has 0 saturated carbocycles. The first kappa shape index (κ1) is 12.9. The minimum Gasteiger partial charge on any atom is -0.493 e. The van der Waals surface area contributed by atoms with E-state index in [1.165, 1.54) is 0 Å². The van der Waals surface area contributed by atoms with Gasteiger partial charge in [0.2, 0.25) is 0 Å². The number of benzene rings is 1. The van der Waals surface area contributed by atoms with E-state index in [-0.39, 0.29) is 0 Å².